The van der Waals surface area contributed by atoms with E-state index < -0.39 is 0 Å². The largest absolute Gasteiger partial charge is 0.378 e. The highest BCUT2D eigenvalue weighted by Gasteiger charge is 2.47. The van der Waals surface area contributed by atoms with E-state index >= 15 is 0 Å². The molecule has 6 rings (SSSR count). The van der Waals surface area contributed by atoms with E-state index in [2.05, 4.69) is 104 Å². The number of fused-ring (bicyclic) bond motifs is 3. The molecule has 0 saturated heterocycles. The number of para-hydroxylation sites is 1. The molecule has 0 radical (unpaired) electrons. The highest BCUT2D eigenvalue weighted by molar-refractivity contribution is 8.01. The molecule has 33 heavy (non-hydrogen) atoms. The van der Waals surface area contributed by atoms with Crippen LogP contribution in [0, 0.1) is 6.92 Å². The Morgan fingerprint density at radius 1 is 0.879 bits per heavy atom. The number of anilines is 2. The number of hydrogen-bond acceptors (Lipinski definition) is 6. The zero-order valence-electron chi connectivity index (χ0n) is 18.8. The van der Waals surface area contributed by atoms with Crippen molar-refractivity contribution in [1.29, 1.82) is 0 Å². The van der Waals surface area contributed by atoms with Gasteiger partial charge in [-0.3, -0.25) is 5.01 Å². The Labute approximate surface area is 197 Å². The van der Waals surface area contributed by atoms with Crippen molar-refractivity contribution >= 4 is 29.0 Å². The maximum absolute atomic E-state index is 5.08. The van der Waals surface area contributed by atoms with Crippen molar-refractivity contribution < 1.29 is 0 Å². The third-order valence-electron chi connectivity index (χ3n) is 6.12. The first-order valence-corrected chi connectivity index (χ1v) is 11.9. The smallest absolute Gasteiger partial charge is 0.193 e. The average Bonchev–Trinajstić information content (AvgIpc) is 3.50. The Balaban J connectivity index is 1.40. The van der Waals surface area contributed by atoms with Crippen molar-refractivity contribution in [3.63, 3.8) is 0 Å². The lowest BCUT2D eigenvalue weighted by atomic mass is 10.0. The second-order valence-electron chi connectivity index (χ2n) is 8.60. The van der Waals surface area contributed by atoms with Gasteiger partial charge in [-0.2, -0.15) is 9.78 Å². The zero-order valence-corrected chi connectivity index (χ0v) is 19.6. The van der Waals surface area contributed by atoms with E-state index in [0.29, 0.717) is 0 Å². The minimum absolute atomic E-state index is 0.0648. The highest BCUT2D eigenvalue weighted by atomic mass is 32.2. The monoisotopic (exact) mass is 452 g/mol. The van der Waals surface area contributed by atoms with Crippen LogP contribution >= 0.6 is 11.8 Å². The second kappa shape index (κ2) is 7.78. The van der Waals surface area contributed by atoms with Gasteiger partial charge in [-0.25, -0.2) is 4.98 Å². The molecule has 164 valence electrons. The third-order valence-corrected chi connectivity index (χ3v) is 7.32. The van der Waals surface area contributed by atoms with Crippen LogP contribution in [-0.2, 0) is 0 Å². The quantitative estimate of drug-likeness (QED) is 0.425. The Morgan fingerprint density at radius 2 is 1.61 bits per heavy atom. The molecular weight excluding hydrogens is 428 g/mol. The molecule has 2 aliphatic rings. The van der Waals surface area contributed by atoms with Gasteiger partial charge in [0.2, 0.25) is 0 Å². The average molecular weight is 453 g/mol. The summed E-state index contributed by atoms with van der Waals surface area (Å²) in [6.07, 6.45) is 0. The number of hydrazone groups is 1. The van der Waals surface area contributed by atoms with Crippen LogP contribution in [0.25, 0.3) is 11.4 Å². The summed E-state index contributed by atoms with van der Waals surface area (Å²) in [7, 11) is 4.12. The lowest BCUT2D eigenvalue weighted by Crippen LogP contribution is -2.27. The number of aromatic nitrogens is 3. The second-order valence-corrected chi connectivity index (χ2v) is 9.71. The summed E-state index contributed by atoms with van der Waals surface area (Å²) in [5, 5.41) is 13.1. The van der Waals surface area contributed by atoms with E-state index in [9.17, 15) is 0 Å². The zero-order chi connectivity index (χ0) is 22.5. The van der Waals surface area contributed by atoms with Crippen LogP contribution in [0.4, 0.5) is 11.4 Å². The summed E-state index contributed by atoms with van der Waals surface area (Å²) < 4.78 is 1.93. The van der Waals surface area contributed by atoms with E-state index in [1.54, 1.807) is 11.8 Å². The van der Waals surface area contributed by atoms with Gasteiger partial charge in [0.1, 0.15) is 5.25 Å². The van der Waals surface area contributed by atoms with Gasteiger partial charge in [0.05, 0.1) is 11.7 Å². The van der Waals surface area contributed by atoms with Crippen molar-refractivity contribution in [1.82, 2.24) is 14.8 Å². The molecule has 0 bridgehead atoms. The Kier molecular flexibility index (Phi) is 4.73. The number of hydrogen-bond donors (Lipinski definition) is 0. The van der Waals surface area contributed by atoms with Gasteiger partial charge < -0.3 is 4.90 Å². The fourth-order valence-electron chi connectivity index (χ4n) is 4.33. The molecule has 0 unspecified atom stereocenters. The van der Waals surface area contributed by atoms with Gasteiger partial charge in [-0.15, -0.1) is 5.10 Å². The summed E-state index contributed by atoms with van der Waals surface area (Å²) in [5.41, 5.74) is 5.73. The molecule has 6 nitrogen and oxygen atoms in total. The van der Waals surface area contributed by atoms with Gasteiger partial charge in [0.15, 0.2) is 16.8 Å². The van der Waals surface area contributed by atoms with Gasteiger partial charge in [0, 0.05) is 25.3 Å². The molecule has 0 aliphatic carbocycles. The van der Waals surface area contributed by atoms with Crippen molar-refractivity contribution in [2.45, 2.75) is 23.4 Å². The topological polar surface area (TPSA) is 49.6 Å². The van der Waals surface area contributed by atoms with Crippen LogP contribution in [0.3, 0.4) is 0 Å². The number of nitrogens with zero attached hydrogens (tertiary/aromatic N) is 6. The molecule has 0 N–H and O–H groups in total. The number of aryl methyl sites for hydroxylation is 1. The van der Waals surface area contributed by atoms with E-state index in [0.717, 1.165) is 28.1 Å². The summed E-state index contributed by atoms with van der Waals surface area (Å²) in [4.78, 5) is 6.96. The summed E-state index contributed by atoms with van der Waals surface area (Å²) in [6, 6.07) is 27.5. The number of rotatable bonds is 4. The Hall–Kier alpha value is -3.58. The summed E-state index contributed by atoms with van der Waals surface area (Å²) in [5.74, 6) is 1.68. The van der Waals surface area contributed by atoms with Crippen LogP contribution in [-0.4, -0.2) is 39.9 Å². The number of benzene rings is 3. The molecule has 2 atom stereocenters. The van der Waals surface area contributed by atoms with Crippen LogP contribution < -0.4 is 9.91 Å². The van der Waals surface area contributed by atoms with E-state index in [1.807, 2.05) is 10.7 Å². The SMILES string of the molecule is Cc1ccc(-c2nc3n(n2)C2=NN(c4ccccc4)[C@H](c4ccc(N(C)C)cc4)[C@H]2S3)cc1. The van der Waals surface area contributed by atoms with Gasteiger partial charge in [0.25, 0.3) is 0 Å². The minimum Gasteiger partial charge on any atom is -0.378 e. The third kappa shape index (κ3) is 3.40. The normalized spacial score (nSPS) is 18.8. The van der Waals surface area contributed by atoms with E-state index in [1.165, 1.54) is 16.8 Å². The maximum Gasteiger partial charge on any atom is 0.193 e. The lowest BCUT2D eigenvalue weighted by molar-refractivity contribution is 0.718. The predicted octanol–water partition coefficient (Wildman–Crippen LogP) is 5.22. The predicted molar refractivity (Wildman–Crippen MR) is 135 cm³/mol. The van der Waals surface area contributed by atoms with Crippen LogP contribution in [0.2, 0.25) is 0 Å². The van der Waals surface area contributed by atoms with Crippen molar-refractivity contribution in [3.8, 4) is 11.4 Å². The molecule has 4 aromatic rings. The first-order chi connectivity index (χ1) is 16.1. The molecule has 3 heterocycles. The van der Waals surface area contributed by atoms with Gasteiger partial charge in [-0.1, -0.05) is 71.9 Å². The number of thioether (sulfide) groups is 1. The first-order valence-electron chi connectivity index (χ1n) is 11.0. The van der Waals surface area contributed by atoms with E-state index in [4.69, 9.17) is 15.2 Å². The van der Waals surface area contributed by atoms with Gasteiger partial charge in [-0.05, 0) is 36.8 Å². The molecule has 0 fully saturated rings. The lowest BCUT2D eigenvalue weighted by Gasteiger charge is -2.27. The van der Waals surface area contributed by atoms with Crippen molar-refractivity contribution in [3.05, 3.63) is 90.0 Å². The Bertz CT molecular complexity index is 1330. The van der Waals surface area contributed by atoms with Crippen LogP contribution in [0.5, 0.6) is 0 Å². The summed E-state index contributed by atoms with van der Waals surface area (Å²) in [6.45, 7) is 2.08. The maximum atomic E-state index is 5.08. The summed E-state index contributed by atoms with van der Waals surface area (Å²) >= 11 is 1.74. The Morgan fingerprint density at radius 3 is 2.30 bits per heavy atom. The molecular formula is C26H24N6S. The molecule has 0 saturated carbocycles. The molecule has 0 amide bonds. The van der Waals surface area contributed by atoms with Crippen molar-refractivity contribution in [2.24, 2.45) is 5.10 Å². The van der Waals surface area contributed by atoms with E-state index in [-0.39, 0.29) is 11.3 Å². The molecule has 0 spiro atoms. The molecule has 1 aromatic heterocycles. The van der Waals surface area contributed by atoms with Crippen molar-refractivity contribution in [2.75, 3.05) is 24.0 Å². The molecule has 7 heteroatoms. The van der Waals surface area contributed by atoms with Gasteiger partial charge >= 0.3 is 0 Å². The first kappa shape index (κ1) is 20.1. The fraction of sp³-hybridized carbons (Fsp3) is 0.192. The minimum atomic E-state index is 0.0648. The van der Waals surface area contributed by atoms with Crippen LogP contribution in [0.1, 0.15) is 17.2 Å². The fourth-order valence-corrected chi connectivity index (χ4v) is 5.58. The standard InChI is InChI=1S/C26H24N6S/c1-17-9-11-19(12-10-17)24-27-26-32(28-24)25-23(33-26)22(18-13-15-20(16-14-18)30(2)3)31(29-25)21-7-5-4-6-8-21/h4-16,22-23H,1-3H3/t22-,23-/m1/s1. The highest BCUT2D eigenvalue weighted by Crippen LogP contribution is 2.47. The molecule has 2 aliphatic heterocycles. The molecule has 3 aromatic carbocycles. The van der Waals surface area contributed by atoms with Crippen LogP contribution in [0.15, 0.2) is 89.1 Å².